The van der Waals surface area contributed by atoms with Crippen LogP contribution in [0.3, 0.4) is 0 Å². The highest BCUT2D eigenvalue weighted by Crippen LogP contribution is 2.24. The fourth-order valence-corrected chi connectivity index (χ4v) is 1.92. The Hall–Kier alpha value is -2.30. The predicted molar refractivity (Wildman–Crippen MR) is 73.5 cm³/mol. The van der Waals surface area contributed by atoms with Crippen LogP contribution in [0.1, 0.15) is 35.9 Å². The van der Waals surface area contributed by atoms with Crippen molar-refractivity contribution in [3.05, 3.63) is 41.7 Å². The van der Waals surface area contributed by atoms with Gasteiger partial charge in [-0.3, -0.25) is 9.48 Å². The Morgan fingerprint density at radius 3 is 2.74 bits per heavy atom. The van der Waals surface area contributed by atoms with Gasteiger partial charge in [0.15, 0.2) is 11.4 Å². The Morgan fingerprint density at radius 2 is 2.16 bits per heavy atom. The van der Waals surface area contributed by atoms with Crippen LogP contribution in [0, 0.1) is 0 Å². The van der Waals surface area contributed by atoms with Crippen molar-refractivity contribution < 1.29 is 9.53 Å². The molecule has 2 aromatic rings. The first-order valence-corrected chi connectivity index (χ1v) is 6.06. The smallest absolute Gasteiger partial charge is 0.214 e. The minimum Gasteiger partial charge on any atom is -0.493 e. The SMILES string of the molecule is COc1cnn(C(C)C)c1C(=O)c1cccc(N)c1. The van der Waals surface area contributed by atoms with E-state index in [-0.39, 0.29) is 11.8 Å². The van der Waals surface area contributed by atoms with Crippen LogP contribution in [0.25, 0.3) is 0 Å². The summed E-state index contributed by atoms with van der Waals surface area (Å²) in [7, 11) is 1.53. The van der Waals surface area contributed by atoms with Gasteiger partial charge < -0.3 is 10.5 Å². The highest BCUT2D eigenvalue weighted by molar-refractivity contribution is 6.10. The normalized spacial score (nSPS) is 10.7. The summed E-state index contributed by atoms with van der Waals surface area (Å²) < 4.78 is 6.87. The number of carbonyl (C=O) groups is 1. The Labute approximate surface area is 112 Å². The molecule has 0 aliphatic heterocycles. The van der Waals surface area contributed by atoms with Gasteiger partial charge >= 0.3 is 0 Å². The van der Waals surface area contributed by atoms with E-state index in [2.05, 4.69) is 5.10 Å². The maximum atomic E-state index is 12.6. The van der Waals surface area contributed by atoms with Crippen molar-refractivity contribution in [1.29, 1.82) is 0 Å². The van der Waals surface area contributed by atoms with Crippen molar-refractivity contribution in [3.8, 4) is 5.75 Å². The largest absolute Gasteiger partial charge is 0.493 e. The van der Waals surface area contributed by atoms with E-state index in [0.29, 0.717) is 22.7 Å². The molecule has 0 bridgehead atoms. The molecule has 1 aromatic heterocycles. The Kier molecular flexibility index (Phi) is 3.55. The Morgan fingerprint density at radius 1 is 1.42 bits per heavy atom. The number of rotatable bonds is 4. The average Bonchev–Trinajstić information content (AvgIpc) is 2.81. The van der Waals surface area contributed by atoms with Crippen molar-refractivity contribution >= 4 is 11.5 Å². The van der Waals surface area contributed by atoms with E-state index in [1.54, 1.807) is 35.1 Å². The van der Waals surface area contributed by atoms with Gasteiger partial charge in [0, 0.05) is 17.3 Å². The number of carbonyl (C=O) groups excluding carboxylic acids is 1. The van der Waals surface area contributed by atoms with Crippen molar-refractivity contribution in [1.82, 2.24) is 9.78 Å². The minimum absolute atomic E-state index is 0.0731. The maximum absolute atomic E-state index is 12.6. The van der Waals surface area contributed by atoms with E-state index >= 15 is 0 Å². The Bertz CT molecular complexity index is 602. The lowest BCUT2D eigenvalue weighted by Gasteiger charge is -2.11. The number of ketones is 1. The second-order valence-electron chi connectivity index (χ2n) is 4.55. The third-order valence-electron chi connectivity index (χ3n) is 2.83. The predicted octanol–water partition coefficient (Wildman–Crippen LogP) is 2.29. The number of ether oxygens (including phenoxy) is 1. The summed E-state index contributed by atoms with van der Waals surface area (Å²) in [5.74, 6) is 0.330. The number of nitrogens with zero attached hydrogens (tertiary/aromatic N) is 2. The lowest BCUT2D eigenvalue weighted by atomic mass is 10.1. The van der Waals surface area contributed by atoms with Crippen LogP contribution < -0.4 is 10.5 Å². The van der Waals surface area contributed by atoms with Gasteiger partial charge in [0.1, 0.15) is 0 Å². The number of hydrogen-bond donors (Lipinski definition) is 1. The molecule has 0 aliphatic carbocycles. The molecule has 0 atom stereocenters. The van der Waals surface area contributed by atoms with Crippen LogP contribution >= 0.6 is 0 Å². The summed E-state index contributed by atoms with van der Waals surface area (Å²) in [4.78, 5) is 12.6. The number of nitrogen functional groups attached to an aromatic ring is 1. The number of hydrogen-bond acceptors (Lipinski definition) is 4. The molecule has 5 heteroatoms. The van der Waals surface area contributed by atoms with E-state index in [9.17, 15) is 4.79 Å². The van der Waals surface area contributed by atoms with Crippen molar-refractivity contribution in [3.63, 3.8) is 0 Å². The molecule has 2 N–H and O–H groups in total. The number of anilines is 1. The van der Waals surface area contributed by atoms with E-state index in [1.165, 1.54) is 7.11 Å². The summed E-state index contributed by atoms with van der Waals surface area (Å²) in [6.45, 7) is 3.92. The van der Waals surface area contributed by atoms with Crippen LogP contribution in [-0.4, -0.2) is 22.7 Å². The lowest BCUT2D eigenvalue weighted by Crippen LogP contribution is -2.14. The fraction of sp³-hybridized carbons (Fsp3) is 0.286. The standard InChI is InChI=1S/C14H17N3O2/c1-9(2)17-13(12(19-3)8-16-17)14(18)10-5-4-6-11(15)7-10/h4-9H,15H2,1-3H3. The Balaban J connectivity index is 2.51. The highest BCUT2D eigenvalue weighted by atomic mass is 16.5. The van der Waals surface area contributed by atoms with Crippen LogP contribution in [0.15, 0.2) is 30.5 Å². The van der Waals surface area contributed by atoms with Gasteiger partial charge in [-0.2, -0.15) is 5.10 Å². The topological polar surface area (TPSA) is 70.1 Å². The molecule has 0 aliphatic rings. The molecular formula is C14H17N3O2. The van der Waals surface area contributed by atoms with Crippen LogP contribution in [-0.2, 0) is 0 Å². The number of aromatic nitrogens is 2. The van der Waals surface area contributed by atoms with Crippen molar-refractivity contribution in [2.75, 3.05) is 12.8 Å². The number of methoxy groups -OCH3 is 1. The van der Waals surface area contributed by atoms with Gasteiger partial charge in [0.05, 0.1) is 13.3 Å². The molecule has 100 valence electrons. The van der Waals surface area contributed by atoms with Crippen LogP contribution in [0.4, 0.5) is 5.69 Å². The molecule has 0 fully saturated rings. The number of benzene rings is 1. The molecule has 0 radical (unpaired) electrons. The molecular weight excluding hydrogens is 242 g/mol. The maximum Gasteiger partial charge on any atom is 0.214 e. The first-order chi connectivity index (χ1) is 9.04. The fourth-order valence-electron chi connectivity index (χ4n) is 1.92. The second kappa shape index (κ2) is 5.14. The first-order valence-electron chi connectivity index (χ1n) is 6.06. The quantitative estimate of drug-likeness (QED) is 0.675. The molecule has 1 heterocycles. The summed E-state index contributed by atoms with van der Waals surface area (Å²) in [6, 6.07) is 6.96. The van der Waals surface area contributed by atoms with Crippen molar-refractivity contribution in [2.24, 2.45) is 0 Å². The van der Waals surface area contributed by atoms with Gasteiger partial charge in [0.25, 0.3) is 0 Å². The van der Waals surface area contributed by atoms with E-state index in [4.69, 9.17) is 10.5 Å². The molecule has 0 amide bonds. The summed E-state index contributed by atoms with van der Waals surface area (Å²) in [5.41, 5.74) is 7.24. The van der Waals surface area contributed by atoms with Gasteiger partial charge in [-0.15, -0.1) is 0 Å². The molecule has 2 rings (SSSR count). The molecule has 0 saturated heterocycles. The summed E-state index contributed by atoms with van der Waals surface area (Å²) in [5, 5.41) is 4.20. The third kappa shape index (κ3) is 2.45. The molecule has 19 heavy (non-hydrogen) atoms. The van der Waals surface area contributed by atoms with Crippen molar-refractivity contribution in [2.45, 2.75) is 19.9 Å². The van der Waals surface area contributed by atoms with E-state index in [0.717, 1.165) is 0 Å². The minimum atomic E-state index is -0.143. The zero-order valence-electron chi connectivity index (χ0n) is 11.3. The van der Waals surface area contributed by atoms with Gasteiger partial charge in [-0.1, -0.05) is 12.1 Å². The number of nitrogens with two attached hydrogens (primary N) is 1. The molecule has 0 spiro atoms. The summed E-state index contributed by atoms with van der Waals surface area (Å²) >= 11 is 0. The van der Waals surface area contributed by atoms with E-state index < -0.39 is 0 Å². The molecule has 5 nitrogen and oxygen atoms in total. The zero-order valence-corrected chi connectivity index (χ0v) is 11.3. The zero-order chi connectivity index (χ0) is 14.0. The van der Waals surface area contributed by atoms with Gasteiger partial charge in [-0.05, 0) is 26.0 Å². The molecule has 1 aromatic carbocycles. The molecule has 0 unspecified atom stereocenters. The van der Waals surface area contributed by atoms with Gasteiger partial charge in [0.2, 0.25) is 5.78 Å². The monoisotopic (exact) mass is 259 g/mol. The average molecular weight is 259 g/mol. The van der Waals surface area contributed by atoms with E-state index in [1.807, 2.05) is 13.8 Å². The lowest BCUT2D eigenvalue weighted by molar-refractivity contribution is 0.102. The first kappa shape index (κ1) is 13.1. The van der Waals surface area contributed by atoms with Crippen LogP contribution in [0.5, 0.6) is 5.75 Å². The van der Waals surface area contributed by atoms with Crippen LogP contribution in [0.2, 0.25) is 0 Å². The molecule has 0 saturated carbocycles. The highest BCUT2D eigenvalue weighted by Gasteiger charge is 2.22. The third-order valence-corrected chi connectivity index (χ3v) is 2.83. The second-order valence-corrected chi connectivity index (χ2v) is 4.55. The summed E-state index contributed by atoms with van der Waals surface area (Å²) in [6.07, 6.45) is 1.56. The van der Waals surface area contributed by atoms with Gasteiger partial charge in [-0.25, -0.2) is 0 Å².